The minimum atomic E-state index is 0.731. The summed E-state index contributed by atoms with van der Waals surface area (Å²) in [7, 11) is 0. The molecule has 0 spiro atoms. The Kier molecular flexibility index (Phi) is 5.70. The van der Waals surface area contributed by atoms with E-state index in [1.165, 1.54) is 12.8 Å². The van der Waals surface area contributed by atoms with Crippen molar-refractivity contribution in [2.24, 2.45) is 5.92 Å². The zero-order valence-corrected chi connectivity index (χ0v) is 7.78. The molecule has 0 aromatic rings. The van der Waals surface area contributed by atoms with Crippen molar-refractivity contribution in [1.82, 2.24) is 5.32 Å². The summed E-state index contributed by atoms with van der Waals surface area (Å²) in [6.07, 6.45) is 2.60. The Bertz CT molecular complexity index is 63.1. The SMILES string of the molecule is CCCC(NCC)C(C)C. The van der Waals surface area contributed by atoms with E-state index in [-0.39, 0.29) is 0 Å². The van der Waals surface area contributed by atoms with Gasteiger partial charge in [-0.25, -0.2) is 0 Å². The molecule has 1 atom stereocenters. The Morgan fingerprint density at radius 3 is 2.10 bits per heavy atom. The minimum Gasteiger partial charge on any atom is -0.314 e. The predicted molar refractivity (Wildman–Crippen MR) is 47.2 cm³/mol. The van der Waals surface area contributed by atoms with Crippen LogP contribution in [0.5, 0.6) is 0 Å². The summed E-state index contributed by atoms with van der Waals surface area (Å²) in [6.45, 7) is 10.1. The van der Waals surface area contributed by atoms with Gasteiger partial charge in [0.1, 0.15) is 0 Å². The molecule has 0 aliphatic heterocycles. The fourth-order valence-electron chi connectivity index (χ4n) is 1.24. The molecule has 1 heteroatoms. The maximum atomic E-state index is 3.48. The molecule has 62 valence electrons. The van der Waals surface area contributed by atoms with Gasteiger partial charge in [-0.1, -0.05) is 34.1 Å². The number of rotatable bonds is 5. The quantitative estimate of drug-likeness (QED) is 0.623. The summed E-state index contributed by atoms with van der Waals surface area (Å²) in [4.78, 5) is 0. The zero-order chi connectivity index (χ0) is 7.98. The Hall–Kier alpha value is -0.0400. The van der Waals surface area contributed by atoms with Crippen LogP contribution in [0.15, 0.2) is 0 Å². The van der Waals surface area contributed by atoms with Crippen LogP contribution in [-0.4, -0.2) is 12.6 Å². The van der Waals surface area contributed by atoms with Crippen molar-refractivity contribution in [3.8, 4) is 0 Å². The highest BCUT2D eigenvalue weighted by Crippen LogP contribution is 2.07. The van der Waals surface area contributed by atoms with Crippen LogP contribution in [0.25, 0.3) is 0 Å². The molecule has 10 heavy (non-hydrogen) atoms. The molecule has 0 radical (unpaired) electrons. The van der Waals surface area contributed by atoms with Crippen molar-refractivity contribution < 1.29 is 0 Å². The normalized spacial score (nSPS) is 14.1. The molecule has 0 aromatic heterocycles. The molecular formula is C9H21N. The van der Waals surface area contributed by atoms with Crippen molar-refractivity contribution in [3.05, 3.63) is 0 Å². The molecule has 0 aliphatic carbocycles. The van der Waals surface area contributed by atoms with Crippen LogP contribution in [-0.2, 0) is 0 Å². The predicted octanol–water partition coefficient (Wildman–Crippen LogP) is 2.42. The van der Waals surface area contributed by atoms with Gasteiger partial charge in [-0.2, -0.15) is 0 Å². The summed E-state index contributed by atoms with van der Waals surface area (Å²) >= 11 is 0. The zero-order valence-electron chi connectivity index (χ0n) is 7.78. The van der Waals surface area contributed by atoms with Gasteiger partial charge in [0.15, 0.2) is 0 Å². The van der Waals surface area contributed by atoms with Crippen LogP contribution in [0.4, 0.5) is 0 Å². The number of hydrogen-bond acceptors (Lipinski definition) is 1. The highest BCUT2D eigenvalue weighted by molar-refractivity contribution is 4.68. The minimum absolute atomic E-state index is 0.731. The van der Waals surface area contributed by atoms with E-state index in [9.17, 15) is 0 Å². The summed E-state index contributed by atoms with van der Waals surface area (Å²) in [5.41, 5.74) is 0. The summed E-state index contributed by atoms with van der Waals surface area (Å²) < 4.78 is 0. The Morgan fingerprint density at radius 2 is 1.80 bits per heavy atom. The largest absolute Gasteiger partial charge is 0.314 e. The molecule has 0 bridgehead atoms. The highest BCUT2D eigenvalue weighted by atomic mass is 14.9. The van der Waals surface area contributed by atoms with E-state index in [2.05, 4.69) is 33.0 Å². The second kappa shape index (κ2) is 5.72. The summed E-state index contributed by atoms with van der Waals surface area (Å²) in [5, 5.41) is 3.48. The van der Waals surface area contributed by atoms with Gasteiger partial charge in [0.05, 0.1) is 0 Å². The van der Waals surface area contributed by atoms with Crippen LogP contribution < -0.4 is 5.32 Å². The van der Waals surface area contributed by atoms with Gasteiger partial charge >= 0.3 is 0 Å². The third-order valence-electron chi connectivity index (χ3n) is 1.87. The lowest BCUT2D eigenvalue weighted by atomic mass is 10.00. The topological polar surface area (TPSA) is 12.0 Å². The molecule has 0 rings (SSSR count). The Morgan fingerprint density at radius 1 is 1.20 bits per heavy atom. The lowest BCUT2D eigenvalue weighted by Crippen LogP contribution is -2.33. The summed E-state index contributed by atoms with van der Waals surface area (Å²) in [6, 6.07) is 0.731. The lowest BCUT2D eigenvalue weighted by Gasteiger charge is -2.20. The molecule has 1 nitrogen and oxygen atoms in total. The van der Waals surface area contributed by atoms with Crippen molar-refractivity contribution in [1.29, 1.82) is 0 Å². The Labute approximate surface area is 65.2 Å². The fraction of sp³-hybridized carbons (Fsp3) is 1.00. The first-order valence-corrected chi connectivity index (χ1v) is 4.45. The monoisotopic (exact) mass is 143 g/mol. The smallest absolute Gasteiger partial charge is 0.00898 e. The maximum absolute atomic E-state index is 3.48. The molecule has 0 aromatic carbocycles. The van der Waals surface area contributed by atoms with Crippen LogP contribution in [0.2, 0.25) is 0 Å². The molecule has 0 saturated carbocycles. The first-order chi connectivity index (χ1) is 4.72. The average Bonchev–Trinajstić information content (AvgIpc) is 1.87. The highest BCUT2D eigenvalue weighted by Gasteiger charge is 2.08. The van der Waals surface area contributed by atoms with Crippen LogP contribution >= 0.6 is 0 Å². The van der Waals surface area contributed by atoms with E-state index in [0.29, 0.717) is 0 Å². The standard InChI is InChI=1S/C9H21N/c1-5-7-9(8(3)4)10-6-2/h8-10H,5-7H2,1-4H3. The molecular weight excluding hydrogens is 122 g/mol. The third kappa shape index (κ3) is 3.89. The van der Waals surface area contributed by atoms with Crippen molar-refractivity contribution in [3.63, 3.8) is 0 Å². The number of hydrogen-bond donors (Lipinski definition) is 1. The van der Waals surface area contributed by atoms with Gasteiger partial charge in [-0.15, -0.1) is 0 Å². The van der Waals surface area contributed by atoms with E-state index >= 15 is 0 Å². The third-order valence-corrected chi connectivity index (χ3v) is 1.87. The van der Waals surface area contributed by atoms with Gasteiger partial charge < -0.3 is 5.32 Å². The second-order valence-electron chi connectivity index (χ2n) is 3.20. The molecule has 0 aliphatic rings. The van der Waals surface area contributed by atoms with Crippen molar-refractivity contribution >= 4 is 0 Å². The molecule has 0 amide bonds. The van der Waals surface area contributed by atoms with Gasteiger partial charge in [0.25, 0.3) is 0 Å². The first-order valence-electron chi connectivity index (χ1n) is 4.45. The van der Waals surface area contributed by atoms with E-state index in [1.54, 1.807) is 0 Å². The maximum Gasteiger partial charge on any atom is 0.00898 e. The summed E-state index contributed by atoms with van der Waals surface area (Å²) in [5.74, 6) is 0.778. The lowest BCUT2D eigenvalue weighted by molar-refractivity contribution is 0.382. The van der Waals surface area contributed by atoms with E-state index in [0.717, 1.165) is 18.5 Å². The van der Waals surface area contributed by atoms with Gasteiger partial charge in [-0.3, -0.25) is 0 Å². The van der Waals surface area contributed by atoms with Gasteiger partial charge in [0, 0.05) is 6.04 Å². The molecule has 1 unspecified atom stereocenters. The molecule has 1 N–H and O–H groups in total. The first kappa shape index (κ1) is 9.96. The van der Waals surface area contributed by atoms with E-state index < -0.39 is 0 Å². The van der Waals surface area contributed by atoms with Crippen LogP contribution in [0.3, 0.4) is 0 Å². The molecule has 0 heterocycles. The van der Waals surface area contributed by atoms with Gasteiger partial charge in [-0.05, 0) is 18.9 Å². The Balaban J connectivity index is 3.50. The van der Waals surface area contributed by atoms with Crippen molar-refractivity contribution in [2.75, 3.05) is 6.54 Å². The van der Waals surface area contributed by atoms with Crippen LogP contribution in [0, 0.1) is 5.92 Å². The molecule has 0 saturated heterocycles. The number of nitrogens with one attached hydrogen (secondary N) is 1. The van der Waals surface area contributed by atoms with Crippen LogP contribution in [0.1, 0.15) is 40.5 Å². The van der Waals surface area contributed by atoms with E-state index in [1.807, 2.05) is 0 Å². The van der Waals surface area contributed by atoms with E-state index in [4.69, 9.17) is 0 Å². The van der Waals surface area contributed by atoms with Crippen molar-refractivity contribution in [2.45, 2.75) is 46.6 Å². The van der Waals surface area contributed by atoms with Gasteiger partial charge in [0.2, 0.25) is 0 Å². The average molecular weight is 143 g/mol. The second-order valence-corrected chi connectivity index (χ2v) is 3.20. The fourth-order valence-corrected chi connectivity index (χ4v) is 1.24. The molecule has 0 fully saturated rings.